The highest BCUT2D eigenvalue weighted by Gasteiger charge is 2.15. The van der Waals surface area contributed by atoms with E-state index in [0.717, 1.165) is 0 Å². The van der Waals surface area contributed by atoms with E-state index in [-0.39, 0.29) is 0 Å². The Hall–Kier alpha value is -2.91. The van der Waals surface area contributed by atoms with Crippen LogP contribution in [0.15, 0.2) is 35.2 Å². The first-order valence-electron chi connectivity index (χ1n) is 7.48. The Labute approximate surface area is 147 Å². The summed E-state index contributed by atoms with van der Waals surface area (Å²) < 4.78 is 12.1. The zero-order valence-electron chi connectivity index (χ0n) is 13.2. The van der Waals surface area contributed by atoms with E-state index in [1.165, 1.54) is 0 Å². The van der Waals surface area contributed by atoms with Crippen LogP contribution < -0.4 is 5.32 Å². The van der Waals surface area contributed by atoms with Gasteiger partial charge in [0.25, 0.3) is 0 Å². The van der Waals surface area contributed by atoms with E-state index < -0.39 is 0 Å². The van der Waals surface area contributed by atoms with Gasteiger partial charge in [-0.25, -0.2) is 14.6 Å². The fourth-order valence-electron chi connectivity index (χ4n) is 2.36. The smallest absolute Gasteiger partial charge is 0.198 e. The molecule has 0 spiro atoms. The van der Waals surface area contributed by atoms with Gasteiger partial charge >= 0.3 is 0 Å². The van der Waals surface area contributed by atoms with Crippen LogP contribution in [0.5, 0.6) is 0 Å². The highest BCUT2D eigenvalue weighted by Crippen LogP contribution is 2.29. The standard InChI is InChI=1S/C15H14ClN7O2/c1-24-6-4-23-13(16)10(8-18-23)20-15-12-9(7-17-22-12)19-14(21-15)11-3-2-5-25-11/h2-3,5,7-8H,4,6H2,1H3,(H,17,22)(H,19,20,21). The number of nitrogens with one attached hydrogen (secondary N) is 2. The lowest BCUT2D eigenvalue weighted by atomic mass is 10.3. The van der Waals surface area contributed by atoms with Crippen molar-refractivity contribution in [2.75, 3.05) is 19.0 Å². The lowest BCUT2D eigenvalue weighted by molar-refractivity contribution is 0.183. The molecule has 4 rings (SSSR count). The summed E-state index contributed by atoms with van der Waals surface area (Å²) in [7, 11) is 1.63. The van der Waals surface area contributed by atoms with Gasteiger partial charge in [-0.2, -0.15) is 10.2 Å². The Morgan fingerprint density at radius 1 is 1.36 bits per heavy atom. The van der Waals surface area contributed by atoms with Crippen LogP contribution in [0.3, 0.4) is 0 Å². The average molecular weight is 360 g/mol. The van der Waals surface area contributed by atoms with E-state index in [1.807, 2.05) is 0 Å². The van der Waals surface area contributed by atoms with E-state index in [2.05, 4.69) is 30.6 Å². The number of halogens is 1. The van der Waals surface area contributed by atoms with Gasteiger partial charge in [0.1, 0.15) is 11.0 Å². The number of hydrogen-bond donors (Lipinski definition) is 2. The molecule has 9 nitrogen and oxygen atoms in total. The molecule has 4 aromatic heterocycles. The molecule has 4 heterocycles. The Bertz CT molecular complexity index is 993. The summed E-state index contributed by atoms with van der Waals surface area (Å²) in [6.07, 6.45) is 4.83. The second kappa shape index (κ2) is 6.54. The number of fused-ring (bicyclic) bond motifs is 1. The molecule has 0 aliphatic heterocycles. The summed E-state index contributed by atoms with van der Waals surface area (Å²) in [5.74, 6) is 1.54. The third-order valence-corrected chi connectivity index (χ3v) is 3.98. The van der Waals surface area contributed by atoms with Crippen LogP contribution in [0, 0.1) is 0 Å². The summed E-state index contributed by atoms with van der Waals surface area (Å²) in [5.41, 5.74) is 1.94. The van der Waals surface area contributed by atoms with Gasteiger partial charge in [0.15, 0.2) is 22.6 Å². The predicted octanol–water partition coefficient (Wildman–Crippen LogP) is 2.85. The van der Waals surface area contributed by atoms with Crippen molar-refractivity contribution >= 4 is 34.1 Å². The minimum atomic E-state index is 0.448. The van der Waals surface area contributed by atoms with Gasteiger partial charge < -0.3 is 14.5 Å². The van der Waals surface area contributed by atoms with E-state index in [1.54, 1.807) is 42.6 Å². The van der Waals surface area contributed by atoms with Gasteiger partial charge in [-0.3, -0.25) is 5.10 Å². The van der Waals surface area contributed by atoms with Crippen molar-refractivity contribution in [3.8, 4) is 11.6 Å². The molecule has 0 unspecified atom stereocenters. The van der Waals surface area contributed by atoms with Gasteiger partial charge in [-0.15, -0.1) is 0 Å². The first kappa shape index (κ1) is 15.6. The molecular formula is C15H14ClN7O2. The third kappa shape index (κ3) is 2.94. The molecule has 4 aromatic rings. The van der Waals surface area contributed by atoms with Crippen molar-refractivity contribution in [3.05, 3.63) is 35.9 Å². The molecule has 0 fully saturated rings. The molecule has 0 atom stereocenters. The van der Waals surface area contributed by atoms with Crippen LogP contribution in [0.2, 0.25) is 5.15 Å². The van der Waals surface area contributed by atoms with E-state index in [9.17, 15) is 0 Å². The first-order chi connectivity index (χ1) is 12.3. The quantitative estimate of drug-likeness (QED) is 0.545. The maximum Gasteiger partial charge on any atom is 0.198 e. The molecule has 0 aliphatic rings. The van der Waals surface area contributed by atoms with Crippen molar-refractivity contribution in [1.82, 2.24) is 29.9 Å². The number of methoxy groups -OCH3 is 1. The molecule has 0 aliphatic carbocycles. The summed E-state index contributed by atoms with van der Waals surface area (Å²) in [6, 6.07) is 3.57. The van der Waals surface area contributed by atoms with Gasteiger partial charge in [-0.1, -0.05) is 11.6 Å². The van der Waals surface area contributed by atoms with Gasteiger partial charge in [0.2, 0.25) is 0 Å². The number of aromatic nitrogens is 6. The lowest BCUT2D eigenvalue weighted by Gasteiger charge is -2.07. The highest BCUT2D eigenvalue weighted by molar-refractivity contribution is 6.32. The molecule has 0 radical (unpaired) electrons. The minimum absolute atomic E-state index is 0.448. The Kier molecular flexibility index (Phi) is 4.08. The molecular weight excluding hydrogens is 346 g/mol. The second-order valence-corrected chi connectivity index (χ2v) is 5.55. The van der Waals surface area contributed by atoms with Gasteiger partial charge in [0, 0.05) is 7.11 Å². The summed E-state index contributed by atoms with van der Waals surface area (Å²) in [6.45, 7) is 1.07. The maximum atomic E-state index is 6.37. The van der Waals surface area contributed by atoms with Crippen LogP contribution in [-0.4, -0.2) is 43.7 Å². The number of aromatic amines is 1. The molecule has 128 valence electrons. The van der Waals surface area contributed by atoms with Crippen molar-refractivity contribution in [2.45, 2.75) is 6.54 Å². The lowest BCUT2D eigenvalue weighted by Crippen LogP contribution is -2.06. The van der Waals surface area contributed by atoms with Gasteiger partial charge in [0.05, 0.1) is 37.5 Å². The van der Waals surface area contributed by atoms with E-state index in [0.29, 0.717) is 52.4 Å². The van der Waals surface area contributed by atoms with Crippen molar-refractivity contribution in [3.63, 3.8) is 0 Å². The molecule has 0 saturated carbocycles. The normalized spacial score (nSPS) is 11.3. The summed E-state index contributed by atoms with van der Waals surface area (Å²) >= 11 is 6.37. The van der Waals surface area contributed by atoms with Crippen LogP contribution in [-0.2, 0) is 11.3 Å². The minimum Gasteiger partial charge on any atom is -0.461 e. The molecule has 10 heteroatoms. The zero-order chi connectivity index (χ0) is 17.2. The number of hydrogen-bond acceptors (Lipinski definition) is 7. The number of ether oxygens (including phenoxy) is 1. The fourth-order valence-corrected chi connectivity index (χ4v) is 2.59. The number of furan rings is 1. The van der Waals surface area contributed by atoms with Crippen LogP contribution in [0.25, 0.3) is 22.6 Å². The number of anilines is 2. The zero-order valence-corrected chi connectivity index (χ0v) is 14.0. The average Bonchev–Trinajstić information content (AvgIpc) is 3.35. The van der Waals surface area contributed by atoms with E-state index >= 15 is 0 Å². The third-order valence-electron chi connectivity index (χ3n) is 3.58. The summed E-state index contributed by atoms with van der Waals surface area (Å²) in [5, 5.41) is 14.8. The van der Waals surface area contributed by atoms with Crippen LogP contribution in [0.1, 0.15) is 0 Å². The Morgan fingerprint density at radius 2 is 2.28 bits per heavy atom. The van der Waals surface area contributed by atoms with Crippen molar-refractivity contribution in [2.24, 2.45) is 0 Å². The maximum absolute atomic E-state index is 6.37. The van der Waals surface area contributed by atoms with Crippen LogP contribution in [0.4, 0.5) is 11.5 Å². The number of nitrogens with zero attached hydrogens (tertiary/aromatic N) is 5. The molecule has 25 heavy (non-hydrogen) atoms. The molecule has 0 amide bonds. The molecule has 2 N–H and O–H groups in total. The summed E-state index contributed by atoms with van der Waals surface area (Å²) in [4.78, 5) is 8.95. The first-order valence-corrected chi connectivity index (χ1v) is 7.86. The molecule has 0 bridgehead atoms. The number of H-pyrrole nitrogens is 1. The highest BCUT2D eigenvalue weighted by atomic mass is 35.5. The monoisotopic (exact) mass is 359 g/mol. The molecule has 0 saturated heterocycles. The molecule has 0 aromatic carbocycles. The van der Waals surface area contributed by atoms with Crippen LogP contribution >= 0.6 is 11.6 Å². The second-order valence-electron chi connectivity index (χ2n) is 5.19. The Morgan fingerprint density at radius 3 is 3.08 bits per heavy atom. The Balaban J connectivity index is 1.72. The predicted molar refractivity (Wildman–Crippen MR) is 91.8 cm³/mol. The van der Waals surface area contributed by atoms with Crippen molar-refractivity contribution < 1.29 is 9.15 Å². The number of rotatable bonds is 6. The SMILES string of the molecule is COCCn1ncc(Nc2nc(-c3ccco3)nc3cn[nH]c23)c1Cl. The van der Waals surface area contributed by atoms with E-state index in [4.69, 9.17) is 20.8 Å². The largest absolute Gasteiger partial charge is 0.461 e. The topological polar surface area (TPSA) is 107 Å². The fraction of sp³-hybridized carbons (Fsp3) is 0.200. The van der Waals surface area contributed by atoms with Gasteiger partial charge in [-0.05, 0) is 12.1 Å². The van der Waals surface area contributed by atoms with Crippen molar-refractivity contribution in [1.29, 1.82) is 0 Å².